The van der Waals surface area contributed by atoms with Crippen LogP contribution in [0.15, 0.2) is 53.6 Å². The number of halogens is 2. The minimum absolute atomic E-state index is 0. The molecule has 5 rings (SSSR count). The van der Waals surface area contributed by atoms with Crippen LogP contribution in [0.4, 0.5) is 0 Å². The van der Waals surface area contributed by atoms with E-state index in [2.05, 4.69) is 21.9 Å². The number of nitrogens with one attached hydrogen (secondary N) is 1. The number of hydrogen-bond acceptors (Lipinski definition) is 5. The summed E-state index contributed by atoms with van der Waals surface area (Å²) in [6.07, 6.45) is 3.87. The van der Waals surface area contributed by atoms with Gasteiger partial charge in [0.05, 0.1) is 27.8 Å². The first-order chi connectivity index (χ1) is 16.4. The Morgan fingerprint density at radius 3 is 2.69 bits per heavy atom. The Kier molecular flexibility index (Phi) is 7.62. The summed E-state index contributed by atoms with van der Waals surface area (Å²) in [6.45, 7) is 4.50. The molecule has 0 aliphatic carbocycles. The zero-order valence-electron chi connectivity index (χ0n) is 19.8. The van der Waals surface area contributed by atoms with Gasteiger partial charge in [-0.25, -0.2) is 13.4 Å². The standard InChI is InChI=1S/C26H28ClN3O3S.ClH/c1-3-34(31,32)20-6-4-5-18(13-20)21-7-8-23(33-16-17-9-11-30(2)12-10-17)25-24(21)22-14-19(27)15-28-26(22)29-25;/h4-8,13-15,17H,3,9-12,16H2,1-2H3,(H,28,29);1H. The second kappa shape index (κ2) is 10.3. The highest BCUT2D eigenvalue weighted by molar-refractivity contribution is 7.91. The molecule has 1 fully saturated rings. The van der Waals surface area contributed by atoms with Crippen molar-refractivity contribution in [3.63, 3.8) is 0 Å². The van der Waals surface area contributed by atoms with E-state index in [1.807, 2.05) is 24.3 Å². The predicted octanol–water partition coefficient (Wildman–Crippen LogP) is 5.97. The number of likely N-dealkylation sites (tertiary alicyclic amines) is 1. The number of fused-ring (bicyclic) bond motifs is 3. The lowest BCUT2D eigenvalue weighted by Crippen LogP contribution is -2.32. The van der Waals surface area contributed by atoms with E-state index in [0.717, 1.165) is 59.1 Å². The molecule has 1 aliphatic heterocycles. The molecule has 1 saturated heterocycles. The number of H-pyrrole nitrogens is 1. The maximum Gasteiger partial charge on any atom is 0.178 e. The Bertz CT molecular complexity index is 1460. The Morgan fingerprint density at radius 2 is 1.94 bits per heavy atom. The van der Waals surface area contributed by atoms with Crippen LogP contribution in [0.3, 0.4) is 0 Å². The largest absolute Gasteiger partial charge is 0.491 e. The minimum Gasteiger partial charge on any atom is -0.491 e. The monoisotopic (exact) mass is 533 g/mol. The van der Waals surface area contributed by atoms with Crippen LogP contribution in [0.5, 0.6) is 5.75 Å². The average Bonchev–Trinajstić information content (AvgIpc) is 3.22. The van der Waals surface area contributed by atoms with Gasteiger partial charge in [-0.2, -0.15) is 0 Å². The van der Waals surface area contributed by atoms with E-state index in [1.54, 1.807) is 31.3 Å². The number of piperidine rings is 1. The first-order valence-corrected chi connectivity index (χ1v) is 13.6. The summed E-state index contributed by atoms with van der Waals surface area (Å²) in [4.78, 5) is 10.6. The number of rotatable bonds is 6. The van der Waals surface area contributed by atoms with Crippen molar-refractivity contribution in [1.29, 1.82) is 0 Å². The van der Waals surface area contributed by atoms with Crippen LogP contribution in [-0.2, 0) is 9.84 Å². The van der Waals surface area contributed by atoms with Gasteiger partial charge in [0.1, 0.15) is 11.4 Å². The third-order valence-corrected chi connectivity index (χ3v) is 8.67. The van der Waals surface area contributed by atoms with Crippen molar-refractivity contribution in [3.8, 4) is 16.9 Å². The van der Waals surface area contributed by atoms with Crippen LogP contribution < -0.4 is 4.74 Å². The van der Waals surface area contributed by atoms with Crippen LogP contribution in [-0.4, -0.2) is 55.8 Å². The highest BCUT2D eigenvalue weighted by Crippen LogP contribution is 2.40. The van der Waals surface area contributed by atoms with Gasteiger partial charge in [0, 0.05) is 17.0 Å². The van der Waals surface area contributed by atoms with Gasteiger partial charge in [0.25, 0.3) is 0 Å². The zero-order chi connectivity index (χ0) is 23.9. The van der Waals surface area contributed by atoms with Crippen molar-refractivity contribution >= 4 is 55.8 Å². The third kappa shape index (κ3) is 5.14. The van der Waals surface area contributed by atoms with Gasteiger partial charge in [-0.05, 0) is 80.4 Å². The van der Waals surface area contributed by atoms with Crippen molar-refractivity contribution in [1.82, 2.24) is 14.9 Å². The molecule has 0 radical (unpaired) electrons. The normalized spacial score (nSPS) is 15.4. The summed E-state index contributed by atoms with van der Waals surface area (Å²) in [5.41, 5.74) is 3.29. The van der Waals surface area contributed by atoms with Crippen molar-refractivity contribution in [2.24, 2.45) is 5.92 Å². The minimum atomic E-state index is -3.32. The van der Waals surface area contributed by atoms with Crippen molar-refractivity contribution in [2.75, 3.05) is 32.5 Å². The van der Waals surface area contributed by atoms with Crippen molar-refractivity contribution in [3.05, 3.63) is 53.7 Å². The summed E-state index contributed by atoms with van der Waals surface area (Å²) >= 11 is 6.30. The summed E-state index contributed by atoms with van der Waals surface area (Å²) in [5.74, 6) is 1.35. The molecule has 6 nitrogen and oxygen atoms in total. The quantitative estimate of drug-likeness (QED) is 0.330. The summed E-state index contributed by atoms with van der Waals surface area (Å²) in [7, 11) is -1.16. The Morgan fingerprint density at radius 1 is 1.17 bits per heavy atom. The number of nitrogens with zero attached hydrogens (tertiary/aromatic N) is 2. The van der Waals surface area contributed by atoms with E-state index < -0.39 is 9.84 Å². The number of aromatic nitrogens is 2. The molecule has 0 unspecified atom stereocenters. The molecule has 2 aromatic carbocycles. The molecule has 1 N–H and O–H groups in total. The van der Waals surface area contributed by atoms with E-state index >= 15 is 0 Å². The number of sulfone groups is 1. The fourth-order valence-electron chi connectivity index (χ4n) is 4.66. The molecule has 2 aromatic heterocycles. The van der Waals surface area contributed by atoms with Crippen LogP contribution >= 0.6 is 24.0 Å². The number of pyridine rings is 1. The van der Waals surface area contributed by atoms with Gasteiger partial charge in [-0.3, -0.25) is 0 Å². The molecule has 9 heteroatoms. The van der Waals surface area contributed by atoms with Gasteiger partial charge < -0.3 is 14.6 Å². The molecule has 186 valence electrons. The van der Waals surface area contributed by atoms with Gasteiger partial charge in [0.15, 0.2) is 9.84 Å². The maximum absolute atomic E-state index is 12.5. The number of benzene rings is 2. The Labute approximate surface area is 217 Å². The van der Waals surface area contributed by atoms with Crippen LogP contribution in [0.2, 0.25) is 5.02 Å². The molecular formula is C26H29Cl2N3O3S. The first kappa shape index (κ1) is 25.8. The third-order valence-electron chi connectivity index (χ3n) is 6.73. The highest BCUT2D eigenvalue weighted by Gasteiger charge is 2.21. The van der Waals surface area contributed by atoms with Crippen LogP contribution in [0.25, 0.3) is 33.1 Å². The predicted molar refractivity (Wildman–Crippen MR) is 145 cm³/mol. The molecule has 35 heavy (non-hydrogen) atoms. The second-order valence-corrected chi connectivity index (χ2v) is 11.7. The number of ether oxygens (including phenoxy) is 1. The molecule has 0 bridgehead atoms. The molecule has 3 heterocycles. The molecule has 4 aromatic rings. The molecular weight excluding hydrogens is 505 g/mol. The first-order valence-electron chi connectivity index (χ1n) is 11.6. The lowest BCUT2D eigenvalue weighted by molar-refractivity contribution is 0.161. The van der Waals surface area contributed by atoms with Crippen LogP contribution in [0, 0.1) is 5.92 Å². The molecule has 0 spiro atoms. The number of aromatic amines is 1. The summed E-state index contributed by atoms with van der Waals surface area (Å²) < 4.78 is 31.4. The van der Waals surface area contributed by atoms with Gasteiger partial charge in [0.2, 0.25) is 0 Å². The van der Waals surface area contributed by atoms with Gasteiger partial charge in [-0.15, -0.1) is 12.4 Å². The van der Waals surface area contributed by atoms with Crippen molar-refractivity contribution in [2.45, 2.75) is 24.7 Å². The Balaban J connectivity index is 0.00000289. The summed E-state index contributed by atoms with van der Waals surface area (Å²) in [5, 5.41) is 2.35. The van der Waals surface area contributed by atoms with Gasteiger partial charge in [-0.1, -0.05) is 30.7 Å². The Hall–Kier alpha value is -2.32. The van der Waals surface area contributed by atoms with E-state index in [1.165, 1.54) is 0 Å². The highest BCUT2D eigenvalue weighted by atomic mass is 35.5. The SMILES string of the molecule is CCS(=O)(=O)c1cccc(-c2ccc(OCC3CCN(C)CC3)c3[nH]c4ncc(Cl)cc4c23)c1.Cl. The lowest BCUT2D eigenvalue weighted by atomic mass is 9.98. The lowest BCUT2D eigenvalue weighted by Gasteiger charge is -2.28. The number of hydrogen-bond donors (Lipinski definition) is 1. The fourth-order valence-corrected chi connectivity index (χ4v) is 5.74. The molecule has 0 atom stereocenters. The maximum atomic E-state index is 12.5. The van der Waals surface area contributed by atoms with E-state index in [4.69, 9.17) is 16.3 Å². The van der Waals surface area contributed by atoms with E-state index in [-0.39, 0.29) is 18.2 Å². The van der Waals surface area contributed by atoms with E-state index in [0.29, 0.717) is 28.1 Å². The van der Waals surface area contributed by atoms with Crippen LogP contribution in [0.1, 0.15) is 19.8 Å². The molecule has 0 saturated carbocycles. The van der Waals surface area contributed by atoms with Crippen molar-refractivity contribution < 1.29 is 13.2 Å². The molecule has 1 aliphatic rings. The summed E-state index contributed by atoms with van der Waals surface area (Å²) in [6, 6.07) is 13.0. The fraction of sp³-hybridized carbons (Fsp3) is 0.346. The topological polar surface area (TPSA) is 75.3 Å². The van der Waals surface area contributed by atoms with Gasteiger partial charge >= 0.3 is 0 Å². The second-order valence-electron chi connectivity index (χ2n) is 9.02. The zero-order valence-corrected chi connectivity index (χ0v) is 22.1. The average molecular weight is 535 g/mol. The molecule has 0 amide bonds. The van der Waals surface area contributed by atoms with E-state index in [9.17, 15) is 8.42 Å². The smallest absolute Gasteiger partial charge is 0.178 e.